The first-order valence-corrected chi connectivity index (χ1v) is 8.93. The third-order valence-corrected chi connectivity index (χ3v) is 4.67. The molecule has 0 fully saturated rings. The maximum Gasteiger partial charge on any atom is 0.223 e. The summed E-state index contributed by atoms with van der Waals surface area (Å²) in [4.78, 5) is 12.9. The number of nitrogens with zero attached hydrogens (tertiary/aromatic N) is 3. The molecule has 0 radical (unpaired) electrons. The molecule has 0 spiro atoms. The molecule has 0 saturated carbocycles. The number of hydrogen-bond donors (Lipinski definition) is 1. The number of aryl methyl sites for hydroxylation is 1. The zero-order valence-electron chi connectivity index (χ0n) is 14.9. The number of aromatic nitrogens is 3. The van der Waals surface area contributed by atoms with Gasteiger partial charge in [-0.1, -0.05) is 49.4 Å². The van der Waals surface area contributed by atoms with Gasteiger partial charge in [0, 0.05) is 12.5 Å². The fourth-order valence-electron chi connectivity index (χ4n) is 3.02. The third-order valence-electron chi connectivity index (χ3n) is 4.67. The largest absolute Gasteiger partial charge is 0.373 e. The van der Waals surface area contributed by atoms with Crippen molar-refractivity contribution in [2.45, 2.75) is 45.9 Å². The van der Waals surface area contributed by atoms with E-state index in [9.17, 15) is 4.79 Å². The Hall–Kier alpha value is -2.21. The maximum absolute atomic E-state index is 12.9. The summed E-state index contributed by atoms with van der Waals surface area (Å²) in [6.45, 7) is 5.77. The first-order valence-electron chi connectivity index (χ1n) is 8.93. The lowest BCUT2D eigenvalue weighted by Crippen LogP contribution is -2.45. The average Bonchev–Trinajstić information content (AvgIpc) is 3.05. The molecule has 1 aliphatic heterocycles. The Balaban J connectivity index is 1.79. The Morgan fingerprint density at radius 1 is 1.32 bits per heavy atom. The molecule has 1 aromatic carbocycles. The fraction of sp³-hybridized carbons (Fsp3) is 0.526. The summed E-state index contributed by atoms with van der Waals surface area (Å²) in [5.74, 6) is 0.294. The number of benzene rings is 1. The van der Waals surface area contributed by atoms with Crippen molar-refractivity contribution < 1.29 is 9.53 Å². The molecular formula is C19H26N4O2. The molecule has 0 aliphatic carbocycles. The van der Waals surface area contributed by atoms with Crippen LogP contribution >= 0.6 is 0 Å². The number of carbonyl (C=O) groups excluding carboxylic acids is 1. The molecule has 3 rings (SSSR count). The minimum Gasteiger partial charge on any atom is -0.373 e. The summed E-state index contributed by atoms with van der Waals surface area (Å²) >= 11 is 0. The second-order valence-corrected chi connectivity index (χ2v) is 7.02. The maximum atomic E-state index is 12.9. The molecule has 6 heteroatoms. The summed E-state index contributed by atoms with van der Waals surface area (Å²) in [7, 11) is 0. The van der Waals surface area contributed by atoms with E-state index in [4.69, 9.17) is 4.74 Å². The molecule has 2 heterocycles. The van der Waals surface area contributed by atoms with Crippen LogP contribution in [0, 0.1) is 11.8 Å². The molecule has 1 aliphatic rings. The number of nitrogens with one attached hydrogen (secondary N) is 1. The number of rotatable bonds is 3. The molecule has 0 unspecified atom stereocenters. The van der Waals surface area contributed by atoms with Crippen molar-refractivity contribution in [1.29, 1.82) is 0 Å². The number of ether oxygens (including phenoxy) is 1. The van der Waals surface area contributed by atoms with Gasteiger partial charge in [0.2, 0.25) is 5.91 Å². The van der Waals surface area contributed by atoms with Crippen LogP contribution in [0.1, 0.15) is 31.5 Å². The lowest BCUT2D eigenvalue weighted by molar-refractivity contribution is -0.127. The quantitative estimate of drug-likeness (QED) is 0.928. The number of amides is 1. The Labute approximate surface area is 148 Å². The molecule has 0 saturated heterocycles. The summed E-state index contributed by atoms with van der Waals surface area (Å²) < 4.78 is 7.55. The highest BCUT2D eigenvalue weighted by Crippen LogP contribution is 2.16. The Bertz CT molecular complexity index is 684. The van der Waals surface area contributed by atoms with Gasteiger partial charge in [-0.2, -0.15) is 0 Å². The second kappa shape index (κ2) is 8.25. The highest BCUT2D eigenvalue weighted by atomic mass is 16.5. The van der Waals surface area contributed by atoms with Gasteiger partial charge in [-0.25, -0.2) is 0 Å². The van der Waals surface area contributed by atoms with Gasteiger partial charge in [0.05, 0.1) is 25.5 Å². The van der Waals surface area contributed by atoms with Crippen molar-refractivity contribution >= 4 is 5.91 Å². The van der Waals surface area contributed by atoms with Crippen molar-refractivity contribution in [3.05, 3.63) is 47.8 Å². The Morgan fingerprint density at radius 2 is 2.12 bits per heavy atom. The predicted octanol–water partition coefficient (Wildman–Crippen LogP) is 2.20. The van der Waals surface area contributed by atoms with E-state index in [0.717, 1.165) is 18.5 Å². The van der Waals surface area contributed by atoms with E-state index in [1.807, 2.05) is 24.4 Å². The summed E-state index contributed by atoms with van der Waals surface area (Å²) in [6, 6.07) is 10.2. The summed E-state index contributed by atoms with van der Waals surface area (Å²) in [6.07, 6.45) is 3.36. The predicted molar refractivity (Wildman–Crippen MR) is 94.7 cm³/mol. The standard InChI is InChI=1S/C19H26N4O2/c1-14(2)18-13-25-12-17-11-23(22-21-17)9-8-16(19(24)20-18)10-15-6-4-3-5-7-15/h3-7,11,14,16,18H,8-10,12-13H2,1-2H3,(H,20,24)/t16-,18+/m1/s1. The minimum atomic E-state index is -0.101. The summed E-state index contributed by atoms with van der Waals surface area (Å²) in [5.41, 5.74) is 2.00. The topological polar surface area (TPSA) is 69.0 Å². The highest BCUT2D eigenvalue weighted by Gasteiger charge is 2.24. The minimum absolute atomic E-state index is 0.000227. The van der Waals surface area contributed by atoms with Crippen LogP contribution in [-0.4, -0.2) is 33.5 Å². The van der Waals surface area contributed by atoms with Gasteiger partial charge in [0.1, 0.15) is 5.69 Å². The van der Waals surface area contributed by atoms with Gasteiger partial charge in [-0.15, -0.1) is 5.10 Å². The molecule has 1 amide bonds. The van der Waals surface area contributed by atoms with E-state index in [1.54, 1.807) is 4.68 Å². The van der Waals surface area contributed by atoms with Crippen molar-refractivity contribution in [2.24, 2.45) is 11.8 Å². The van der Waals surface area contributed by atoms with E-state index in [2.05, 4.69) is 41.6 Å². The van der Waals surface area contributed by atoms with Gasteiger partial charge in [-0.05, 0) is 24.3 Å². The second-order valence-electron chi connectivity index (χ2n) is 7.02. The van der Waals surface area contributed by atoms with Gasteiger partial charge >= 0.3 is 0 Å². The van der Waals surface area contributed by atoms with Crippen LogP contribution < -0.4 is 5.32 Å². The van der Waals surface area contributed by atoms with Crippen molar-refractivity contribution in [3.8, 4) is 0 Å². The average molecular weight is 342 g/mol. The van der Waals surface area contributed by atoms with Crippen LogP contribution in [0.25, 0.3) is 0 Å². The van der Waals surface area contributed by atoms with Crippen molar-refractivity contribution in [1.82, 2.24) is 20.3 Å². The third kappa shape index (κ3) is 4.89. The van der Waals surface area contributed by atoms with Crippen LogP contribution in [0.3, 0.4) is 0 Å². The first kappa shape index (κ1) is 17.6. The normalized spacial score (nSPS) is 22.1. The molecule has 1 N–H and O–H groups in total. The molecule has 6 nitrogen and oxygen atoms in total. The van der Waals surface area contributed by atoms with Crippen LogP contribution in [0.2, 0.25) is 0 Å². The van der Waals surface area contributed by atoms with Crippen LogP contribution in [-0.2, 0) is 29.1 Å². The molecule has 1 aromatic heterocycles. The number of carbonyl (C=O) groups is 1. The number of hydrogen-bond acceptors (Lipinski definition) is 4. The van der Waals surface area contributed by atoms with E-state index in [0.29, 0.717) is 25.7 Å². The van der Waals surface area contributed by atoms with Crippen LogP contribution in [0.4, 0.5) is 0 Å². The molecule has 2 atom stereocenters. The van der Waals surface area contributed by atoms with Gasteiger partial charge in [0.25, 0.3) is 0 Å². The molecule has 134 valence electrons. The van der Waals surface area contributed by atoms with Gasteiger partial charge < -0.3 is 10.1 Å². The van der Waals surface area contributed by atoms with E-state index in [-0.39, 0.29) is 17.9 Å². The first-order chi connectivity index (χ1) is 12.1. The van der Waals surface area contributed by atoms with Crippen molar-refractivity contribution in [2.75, 3.05) is 6.61 Å². The van der Waals surface area contributed by atoms with Crippen molar-refractivity contribution in [3.63, 3.8) is 0 Å². The summed E-state index contributed by atoms with van der Waals surface area (Å²) in [5, 5.41) is 11.5. The Morgan fingerprint density at radius 3 is 2.88 bits per heavy atom. The SMILES string of the molecule is CC(C)[C@@H]1COCc2cn(nn2)CC[C@H](Cc2ccccc2)C(=O)N1. The molecule has 2 bridgehead atoms. The van der Waals surface area contributed by atoms with E-state index >= 15 is 0 Å². The number of fused-ring (bicyclic) bond motifs is 2. The van der Waals surface area contributed by atoms with Crippen LogP contribution in [0.5, 0.6) is 0 Å². The van der Waals surface area contributed by atoms with E-state index < -0.39 is 0 Å². The zero-order valence-corrected chi connectivity index (χ0v) is 14.9. The monoisotopic (exact) mass is 342 g/mol. The lowest BCUT2D eigenvalue weighted by atomic mass is 9.94. The van der Waals surface area contributed by atoms with E-state index in [1.165, 1.54) is 5.56 Å². The smallest absolute Gasteiger partial charge is 0.223 e. The van der Waals surface area contributed by atoms with Gasteiger partial charge in [-0.3, -0.25) is 9.48 Å². The zero-order chi connectivity index (χ0) is 17.6. The lowest BCUT2D eigenvalue weighted by Gasteiger charge is -2.25. The molecule has 2 aromatic rings. The molecular weight excluding hydrogens is 316 g/mol. The van der Waals surface area contributed by atoms with Gasteiger partial charge in [0.15, 0.2) is 0 Å². The Kier molecular flexibility index (Phi) is 5.81. The molecule has 25 heavy (non-hydrogen) atoms. The highest BCUT2D eigenvalue weighted by molar-refractivity contribution is 5.79. The van der Waals surface area contributed by atoms with Crippen LogP contribution in [0.15, 0.2) is 36.5 Å². The fourth-order valence-corrected chi connectivity index (χ4v) is 3.02.